The van der Waals surface area contributed by atoms with Crippen molar-refractivity contribution in [3.63, 3.8) is 0 Å². The van der Waals surface area contributed by atoms with Crippen LogP contribution in [-0.4, -0.2) is 25.8 Å². The minimum absolute atomic E-state index is 0.561. The Morgan fingerprint density at radius 3 is 2.79 bits per heavy atom. The van der Waals surface area contributed by atoms with Gasteiger partial charge >= 0.3 is 0 Å². The van der Waals surface area contributed by atoms with Crippen LogP contribution in [0.2, 0.25) is 0 Å². The zero-order valence-electron chi connectivity index (χ0n) is 13.8. The molecule has 0 aliphatic heterocycles. The lowest BCUT2D eigenvalue weighted by Crippen LogP contribution is -2.04. The number of aryl methyl sites for hydroxylation is 2. The number of para-hydroxylation sites is 1. The molecule has 2 N–H and O–H groups in total. The van der Waals surface area contributed by atoms with E-state index in [-0.39, 0.29) is 0 Å². The van der Waals surface area contributed by atoms with E-state index in [9.17, 15) is 0 Å². The van der Waals surface area contributed by atoms with Crippen molar-refractivity contribution in [3.8, 4) is 11.3 Å². The third-order valence-electron chi connectivity index (χ3n) is 4.21. The Kier molecular flexibility index (Phi) is 3.65. The quantitative estimate of drug-likeness (QED) is 0.753. The van der Waals surface area contributed by atoms with Gasteiger partial charge in [0.2, 0.25) is 0 Å². The average Bonchev–Trinajstić information content (AvgIpc) is 3.32. The lowest BCUT2D eigenvalue weighted by Gasteiger charge is -2.12. The van der Waals surface area contributed by atoms with Crippen LogP contribution in [0.5, 0.6) is 0 Å². The van der Waals surface area contributed by atoms with Crippen molar-refractivity contribution in [2.75, 3.05) is 10.6 Å². The maximum absolute atomic E-state index is 4.43. The van der Waals surface area contributed by atoms with E-state index in [4.69, 9.17) is 0 Å². The number of hydrogen-bond acceptors (Lipinski definition) is 5. The number of hydrogen-bond donors (Lipinski definition) is 2. The largest absolute Gasteiger partial charge is 0.367 e. The van der Waals surface area contributed by atoms with Gasteiger partial charge in [-0.3, -0.25) is 4.68 Å². The molecule has 0 bridgehead atoms. The Bertz CT molecular complexity index is 865. The van der Waals surface area contributed by atoms with E-state index in [1.54, 1.807) is 6.33 Å². The van der Waals surface area contributed by atoms with Gasteiger partial charge in [-0.05, 0) is 31.4 Å². The topological polar surface area (TPSA) is 67.7 Å². The Morgan fingerprint density at radius 2 is 2.00 bits per heavy atom. The molecule has 1 saturated carbocycles. The van der Waals surface area contributed by atoms with Gasteiger partial charge in [0.15, 0.2) is 0 Å². The van der Waals surface area contributed by atoms with Gasteiger partial charge in [-0.1, -0.05) is 18.2 Å². The number of benzene rings is 1. The second-order valence-corrected chi connectivity index (χ2v) is 6.18. The smallest absolute Gasteiger partial charge is 0.137 e. The fourth-order valence-corrected chi connectivity index (χ4v) is 2.63. The average molecular weight is 320 g/mol. The molecule has 0 amide bonds. The van der Waals surface area contributed by atoms with Crippen LogP contribution in [0.4, 0.5) is 17.3 Å². The van der Waals surface area contributed by atoms with Crippen molar-refractivity contribution in [3.05, 3.63) is 48.4 Å². The van der Waals surface area contributed by atoms with Crippen LogP contribution in [-0.2, 0) is 7.05 Å². The summed E-state index contributed by atoms with van der Waals surface area (Å²) in [5.41, 5.74) is 4.07. The maximum atomic E-state index is 4.43. The predicted molar refractivity (Wildman–Crippen MR) is 95.3 cm³/mol. The fraction of sp³-hybridized carbons (Fsp3) is 0.278. The Labute approximate surface area is 141 Å². The van der Waals surface area contributed by atoms with Crippen molar-refractivity contribution in [2.24, 2.45) is 7.05 Å². The highest BCUT2D eigenvalue weighted by Crippen LogP contribution is 2.31. The van der Waals surface area contributed by atoms with Gasteiger partial charge in [0.05, 0.1) is 17.5 Å². The molecule has 0 saturated heterocycles. The molecule has 122 valence electrons. The highest BCUT2D eigenvalue weighted by Gasteiger charge is 2.22. The van der Waals surface area contributed by atoms with Gasteiger partial charge in [-0.2, -0.15) is 5.10 Å². The molecule has 6 heteroatoms. The van der Waals surface area contributed by atoms with Gasteiger partial charge < -0.3 is 10.6 Å². The molecule has 2 heterocycles. The molecule has 0 radical (unpaired) electrons. The third kappa shape index (κ3) is 2.95. The summed E-state index contributed by atoms with van der Waals surface area (Å²) in [5.74, 6) is 1.79. The van der Waals surface area contributed by atoms with Crippen LogP contribution in [0.15, 0.2) is 42.9 Å². The van der Waals surface area contributed by atoms with E-state index in [1.165, 1.54) is 18.4 Å². The molecule has 24 heavy (non-hydrogen) atoms. The normalized spacial score (nSPS) is 13.8. The Morgan fingerprint density at radius 1 is 1.17 bits per heavy atom. The summed E-state index contributed by atoms with van der Waals surface area (Å²) in [6, 6.07) is 10.7. The van der Waals surface area contributed by atoms with E-state index < -0.39 is 0 Å². The SMILES string of the molecule is Cc1ccccc1Nc1c(-c2cc(NC3CC3)ncn2)cnn1C. The van der Waals surface area contributed by atoms with Crippen LogP contribution < -0.4 is 10.6 Å². The first kappa shape index (κ1) is 14.7. The second-order valence-electron chi connectivity index (χ2n) is 6.18. The van der Waals surface area contributed by atoms with Gasteiger partial charge in [0, 0.05) is 24.8 Å². The van der Waals surface area contributed by atoms with Gasteiger partial charge in [-0.25, -0.2) is 9.97 Å². The first-order valence-corrected chi connectivity index (χ1v) is 8.14. The summed E-state index contributed by atoms with van der Waals surface area (Å²) in [7, 11) is 1.93. The van der Waals surface area contributed by atoms with E-state index >= 15 is 0 Å². The zero-order chi connectivity index (χ0) is 16.5. The molecule has 1 aliphatic carbocycles. The molecule has 1 fully saturated rings. The van der Waals surface area contributed by atoms with Crippen LogP contribution in [0.25, 0.3) is 11.3 Å². The standard InChI is InChI=1S/C18H20N6/c1-12-5-3-4-6-15(12)23-18-14(10-21-24(18)2)16-9-17(20-11-19-16)22-13-7-8-13/h3-6,9-11,13,23H,7-8H2,1-2H3,(H,19,20,22). The van der Waals surface area contributed by atoms with E-state index in [0.29, 0.717) is 6.04 Å². The Balaban J connectivity index is 1.68. The molecule has 2 aromatic heterocycles. The first-order valence-electron chi connectivity index (χ1n) is 8.14. The summed E-state index contributed by atoms with van der Waals surface area (Å²) in [4.78, 5) is 8.74. The minimum Gasteiger partial charge on any atom is -0.367 e. The van der Waals surface area contributed by atoms with Crippen molar-refractivity contribution in [1.82, 2.24) is 19.7 Å². The highest BCUT2D eigenvalue weighted by atomic mass is 15.3. The molecule has 4 rings (SSSR count). The zero-order valence-corrected chi connectivity index (χ0v) is 13.8. The molecule has 0 unspecified atom stereocenters. The maximum Gasteiger partial charge on any atom is 0.137 e. The lowest BCUT2D eigenvalue weighted by atomic mass is 10.2. The molecular weight excluding hydrogens is 300 g/mol. The number of nitrogens with one attached hydrogen (secondary N) is 2. The number of aromatic nitrogens is 4. The van der Waals surface area contributed by atoms with Crippen molar-refractivity contribution in [1.29, 1.82) is 0 Å². The molecule has 3 aromatic rings. The predicted octanol–water partition coefficient (Wildman–Crippen LogP) is 3.50. The van der Waals surface area contributed by atoms with Crippen molar-refractivity contribution < 1.29 is 0 Å². The van der Waals surface area contributed by atoms with Crippen molar-refractivity contribution >= 4 is 17.3 Å². The molecule has 1 aliphatic rings. The van der Waals surface area contributed by atoms with Gasteiger partial charge in [-0.15, -0.1) is 0 Å². The molecule has 0 spiro atoms. The molecular formula is C18H20N6. The van der Waals surface area contributed by atoms with Crippen LogP contribution in [0.1, 0.15) is 18.4 Å². The number of anilines is 3. The number of rotatable bonds is 5. The highest BCUT2D eigenvalue weighted by molar-refractivity contribution is 5.77. The number of nitrogens with zero attached hydrogens (tertiary/aromatic N) is 4. The summed E-state index contributed by atoms with van der Waals surface area (Å²) in [5, 5.41) is 11.3. The van der Waals surface area contributed by atoms with Crippen LogP contribution >= 0.6 is 0 Å². The summed E-state index contributed by atoms with van der Waals surface area (Å²) in [6.45, 7) is 2.08. The van der Waals surface area contributed by atoms with Crippen molar-refractivity contribution in [2.45, 2.75) is 25.8 Å². The van der Waals surface area contributed by atoms with Gasteiger partial charge in [0.1, 0.15) is 18.0 Å². The van der Waals surface area contributed by atoms with E-state index in [0.717, 1.165) is 28.6 Å². The monoisotopic (exact) mass is 320 g/mol. The third-order valence-corrected chi connectivity index (χ3v) is 4.21. The summed E-state index contributed by atoms with van der Waals surface area (Å²) < 4.78 is 1.83. The Hall–Kier alpha value is -2.89. The minimum atomic E-state index is 0.561. The first-order chi connectivity index (χ1) is 11.7. The molecule has 0 atom stereocenters. The molecule has 1 aromatic carbocycles. The summed E-state index contributed by atoms with van der Waals surface area (Å²) >= 11 is 0. The van der Waals surface area contributed by atoms with E-state index in [2.05, 4.69) is 44.8 Å². The van der Waals surface area contributed by atoms with E-state index in [1.807, 2.05) is 36.1 Å². The lowest BCUT2D eigenvalue weighted by molar-refractivity contribution is 0.776. The summed E-state index contributed by atoms with van der Waals surface area (Å²) in [6.07, 6.45) is 5.87. The van der Waals surface area contributed by atoms with Crippen LogP contribution in [0.3, 0.4) is 0 Å². The van der Waals surface area contributed by atoms with Crippen LogP contribution in [0, 0.1) is 6.92 Å². The fourth-order valence-electron chi connectivity index (χ4n) is 2.63. The van der Waals surface area contributed by atoms with Gasteiger partial charge in [0.25, 0.3) is 0 Å². The second kappa shape index (κ2) is 5.96. The molecule has 6 nitrogen and oxygen atoms in total.